The molecule has 7 nitrogen and oxygen atoms in total. The zero-order valence-electron chi connectivity index (χ0n) is 12.8. The van der Waals surface area contributed by atoms with Gasteiger partial charge in [-0.05, 0) is 24.6 Å². The van der Waals surface area contributed by atoms with Gasteiger partial charge in [0.2, 0.25) is 15.9 Å². The van der Waals surface area contributed by atoms with Gasteiger partial charge in [-0.15, -0.1) is 0 Å². The van der Waals surface area contributed by atoms with E-state index in [1.165, 1.54) is 19.1 Å². The van der Waals surface area contributed by atoms with Crippen molar-refractivity contribution in [3.05, 3.63) is 23.2 Å². The summed E-state index contributed by atoms with van der Waals surface area (Å²) in [6.45, 7) is 3.18. The number of nitrogens with one attached hydrogen (secondary N) is 2. The van der Waals surface area contributed by atoms with E-state index in [0.29, 0.717) is 6.42 Å². The Balaban J connectivity index is 3.01. The Morgan fingerprint density at radius 3 is 2.48 bits per heavy atom. The fraction of sp³-hybridized carbons (Fsp3) is 0.429. The molecule has 1 rings (SSSR count). The highest BCUT2D eigenvalue weighted by molar-refractivity contribution is 7.89. The topological polar surface area (TPSA) is 113 Å². The minimum absolute atomic E-state index is 0.0449. The SMILES string of the molecule is CCCC[C@H](NS(=O)(=O)c1ccc(NC(C)=O)c(Cl)c1)C(=O)O. The molecule has 0 bridgehead atoms. The third-order valence-corrected chi connectivity index (χ3v) is 4.79. The Kier molecular flexibility index (Phi) is 6.99. The van der Waals surface area contributed by atoms with Crippen molar-refractivity contribution in [1.82, 2.24) is 4.72 Å². The number of carbonyl (C=O) groups excluding carboxylic acids is 1. The summed E-state index contributed by atoms with van der Waals surface area (Å²) in [6, 6.07) is 2.56. The average molecular weight is 363 g/mol. The fourth-order valence-corrected chi connectivity index (χ4v) is 3.39. The third-order valence-electron chi connectivity index (χ3n) is 3.00. The third kappa shape index (κ3) is 5.81. The van der Waals surface area contributed by atoms with Crippen molar-refractivity contribution in [2.75, 3.05) is 5.32 Å². The van der Waals surface area contributed by atoms with Crippen LogP contribution in [-0.4, -0.2) is 31.4 Å². The molecule has 0 unspecified atom stereocenters. The van der Waals surface area contributed by atoms with Crippen LogP contribution in [0.4, 0.5) is 5.69 Å². The van der Waals surface area contributed by atoms with E-state index >= 15 is 0 Å². The standard InChI is InChI=1S/C14H19ClN2O5S/c1-3-4-5-13(14(19)20)17-23(21,22)10-6-7-12(11(15)8-10)16-9(2)18/h6-8,13,17H,3-5H2,1-2H3,(H,16,18)(H,19,20)/t13-/m0/s1. The second-order valence-corrected chi connectivity index (χ2v) is 7.10. The maximum absolute atomic E-state index is 12.3. The molecule has 0 spiro atoms. The number of carboxylic acid groups (broad SMARTS) is 1. The molecule has 0 aliphatic carbocycles. The summed E-state index contributed by atoms with van der Waals surface area (Å²) < 4.78 is 26.7. The number of anilines is 1. The molecule has 0 saturated heterocycles. The minimum Gasteiger partial charge on any atom is -0.480 e. The summed E-state index contributed by atoms with van der Waals surface area (Å²) in [5.41, 5.74) is 0.277. The Morgan fingerprint density at radius 1 is 1.35 bits per heavy atom. The first-order valence-electron chi connectivity index (χ1n) is 6.99. The maximum atomic E-state index is 12.3. The minimum atomic E-state index is -4.03. The number of halogens is 1. The number of aliphatic carboxylic acids is 1. The highest BCUT2D eigenvalue weighted by atomic mass is 35.5. The highest BCUT2D eigenvalue weighted by Crippen LogP contribution is 2.25. The van der Waals surface area contributed by atoms with E-state index in [1.54, 1.807) is 0 Å². The molecular weight excluding hydrogens is 344 g/mol. The number of carboxylic acids is 1. The molecular formula is C14H19ClN2O5S. The first kappa shape index (κ1) is 19.4. The lowest BCUT2D eigenvalue weighted by atomic mass is 10.1. The molecule has 0 heterocycles. The Hall–Kier alpha value is -1.64. The molecule has 128 valence electrons. The van der Waals surface area contributed by atoms with Crippen LogP contribution >= 0.6 is 11.6 Å². The molecule has 0 aromatic heterocycles. The lowest BCUT2D eigenvalue weighted by Gasteiger charge is -2.15. The number of amides is 1. The number of benzene rings is 1. The molecule has 0 saturated carbocycles. The molecule has 0 fully saturated rings. The Bertz CT molecular complexity index is 690. The van der Waals surface area contributed by atoms with Crippen molar-refractivity contribution in [3.63, 3.8) is 0 Å². The first-order chi connectivity index (χ1) is 10.7. The number of carbonyl (C=O) groups is 2. The fourth-order valence-electron chi connectivity index (χ4n) is 1.85. The van der Waals surface area contributed by atoms with Crippen LogP contribution in [0.3, 0.4) is 0 Å². The normalized spacial score (nSPS) is 12.7. The van der Waals surface area contributed by atoms with Gasteiger partial charge in [0.15, 0.2) is 0 Å². The molecule has 0 radical (unpaired) electrons. The van der Waals surface area contributed by atoms with Crippen molar-refractivity contribution in [2.45, 2.75) is 44.0 Å². The summed E-state index contributed by atoms with van der Waals surface area (Å²) in [7, 11) is -4.03. The zero-order chi connectivity index (χ0) is 17.6. The zero-order valence-corrected chi connectivity index (χ0v) is 14.4. The van der Waals surface area contributed by atoms with Gasteiger partial charge in [0.25, 0.3) is 0 Å². The molecule has 23 heavy (non-hydrogen) atoms. The summed E-state index contributed by atoms with van der Waals surface area (Å²) in [5, 5.41) is 11.6. The van der Waals surface area contributed by atoms with Crippen LogP contribution in [0.1, 0.15) is 33.1 Å². The first-order valence-corrected chi connectivity index (χ1v) is 8.85. The van der Waals surface area contributed by atoms with E-state index < -0.39 is 22.0 Å². The number of rotatable bonds is 8. The second kappa shape index (κ2) is 8.28. The van der Waals surface area contributed by atoms with Crippen LogP contribution in [0, 0.1) is 0 Å². The Morgan fingerprint density at radius 2 is 2.00 bits per heavy atom. The largest absolute Gasteiger partial charge is 0.480 e. The van der Waals surface area contributed by atoms with Crippen molar-refractivity contribution in [1.29, 1.82) is 0 Å². The molecule has 0 aliphatic heterocycles. The van der Waals surface area contributed by atoms with E-state index in [9.17, 15) is 18.0 Å². The van der Waals surface area contributed by atoms with Crippen molar-refractivity contribution < 1.29 is 23.1 Å². The van der Waals surface area contributed by atoms with E-state index in [4.69, 9.17) is 16.7 Å². The number of hydrogen-bond donors (Lipinski definition) is 3. The van der Waals surface area contributed by atoms with Crippen molar-refractivity contribution >= 4 is 39.2 Å². The summed E-state index contributed by atoms with van der Waals surface area (Å²) in [5.74, 6) is -1.57. The molecule has 1 atom stereocenters. The van der Waals surface area contributed by atoms with E-state index in [1.807, 2.05) is 6.92 Å². The van der Waals surface area contributed by atoms with E-state index in [-0.39, 0.29) is 27.9 Å². The summed E-state index contributed by atoms with van der Waals surface area (Å²) in [6.07, 6.45) is 1.53. The average Bonchev–Trinajstić information content (AvgIpc) is 2.44. The molecule has 9 heteroatoms. The van der Waals surface area contributed by atoms with Crippen LogP contribution in [0.25, 0.3) is 0 Å². The van der Waals surface area contributed by atoms with Gasteiger partial charge in [-0.2, -0.15) is 4.72 Å². The van der Waals surface area contributed by atoms with Gasteiger partial charge in [-0.3, -0.25) is 9.59 Å². The smallest absolute Gasteiger partial charge is 0.321 e. The second-order valence-electron chi connectivity index (χ2n) is 4.98. The van der Waals surface area contributed by atoms with Crippen molar-refractivity contribution in [2.24, 2.45) is 0 Å². The number of hydrogen-bond acceptors (Lipinski definition) is 4. The predicted molar refractivity (Wildman–Crippen MR) is 87.0 cm³/mol. The lowest BCUT2D eigenvalue weighted by Crippen LogP contribution is -2.40. The Labute approximate surface area is 140 Å². The number of sulfonamides is 1. The van der Waals surface area contributed by atoms with E-state index in [0.717, 1.165) is 12.5 Å². The van der Waals surface area contributed by atoms with Crippen LogP contribution in [0.2, 0.25) is 5.02 Å². The van der Waals surface area contributed by atoms with Crippen LogP contribution in [0.15, 0.2) is 23.1 Å². The highest BCUT2D eigenvalue weighted by Gasteiger charge is 2.25. The van der Waals surface area contributed by atoms with Gasteiger partial charge in [0.05, 0.1) is 15.6 Å². The van der Waals surface area contributed by atoms with E-state index in [2.05, 4.69) is 10.0 Å². The molecule has 1 aromatic rings. The van der Waals surface area contributed by atoms with Gasteiger partial charge >= 0.3 is 5.97 Å². The van der Waals surface area contributed by atoms with Gasteiger partial charge in [0.1, 0.15) is 6.04 Å². The quantitative estimate of drug-likeness (QED) is 0.656. The predicted octanol–water partition coefficient (Wildman–Crippen LogP) is 2.22. The molecule has 0 aliphatic rings. The molecule has 1 amide bonds. The monoisotopic (exact) mass is 362 g/mol. The van der Waals surface area contributed by atoms with Gasteiger partial charge < -0.3 is 10.4 Å². The van der Waals surface area contributed by atoms with Crippen molar-refractivity contribution in [3.8, 4) is 0 Å². The van der Waals surface area contributed by atoms with Crippen LogP contribution < -0.4 is 10.0 Å². The van der Waals surface area contributed by atoms with Gasteiger partial charge in [-0.25, -0.2) is 8.42 Å². The number of unbranched alkanes of at least 4 members (excludes halogenated alkanes) is 1. The summed E-state index contributed by atoms with van der Waals surface area (Å²) >= 11 is 5.94. The van der Waals surface area contributed by atoms with Crippen LogP contribution in [-0.2, 0) is 19.6 Å². The van der Waals surface area contributed by atoms with Gasteiger partial charge in [-0.1, -0.05) is 31.4 Å². The lowest BCUT2D eigenvalue weighted by molar-refractivity contribution is -0.139. The molecule has 1 aromatic carbocycles. The maximum Gasteiger partial charge on any atom is 0.321 e. The van der Waals surface area contributed by atoms with Gasteiger partial charge in [0, 0.05) is 6.92 Å². The summed E-state index contributed by atoms with van der Waals surface area (Å²) in [4.78, 5) is 22.0. The van der Waals surface area contributed by atoms with Crippen LogP contribution in [0.5, 0.6) is 0 Å². The molecule has 3 N–H and O–H groups in total.